The number of aromatic nitrogens is 2. The van der Waals surface area contributed by atoms with E-state index in [-0.39, 0.29) is 0 Å². The number of rotatable bonds is 6. The van der Waals surface area contributed by atoms with Crippen molar-refractivity contribution < 1.29 is 14.0 Å². The highest BCUT2D eigenvalue weighted by atomic mass is 16.5. The normalized spacial score (nSPS) is 22.6. The maximum absolute atomic E-state index is 5.92. The molecule has 106 valence electrons. The van der Waals surface area contributed by atoms with Crippen molar-refractivity contribution in [3.05, 3.63) is 11.7 Å². The molecule has 1 aromatic rings. The summed E-state index contributed by atoms with van der Waals surface area (Å²) in [6, 6.07) is 0.638. The molecule has 3 rings (SSSR count). The Kier molecular flexibility index (Phi) is 3.81. The van der Waals surface area contributed by atoms with Gasteiger partial charge in [-0.2, -0.15) is 4.98 Å². The first-order valence-corrected chi connectivity index (χ1v) is 7.10. The average Bonchev–Trinajstić information content (AvgIpc) is 3.14. The van der Waals surface area contributed by atoms with Gasteiger partial charge in [-0.3, -0.25) is 0 Å². The SMILES string of the molecule is CCOC1(c2noc(CNC3CC3)n2)CCOCC1. The molecule has 19 heavy (non-hydrogen) atoms. The van der Waals surface area contributed by atoms with Gasteiger partial charge in [-0.25, -0.2) is 0 Å². The minimum atomic E-state index is -0.422. The summed E-state index contributed by atoms with van der Waals surface area (Å²) in [6.45, 7) is 4.65. The van der Waals surface area contributed by atoms with Gasteiger partial charge in [0.2, 0.25) is 11.7 Å². The highest BCUT2D eigenvalue weighted by Crippen LogP contribution is 2.34. The first-order valence-electron chi connectivity index (χ1n) is 7.10. The molecule has 0 amide bonds. The van der Waals surface area contributed by atoms with Crippen LogP contribution >= 0.6 is 0 Å². The topological polar surface area (TPSA) is 69.4 Å². The van der Waals surface area contributed by atoms with Gasteiger partial charge in [0.15, 0.2) is 0 Å². The first kappa shape index (κ1) is 13.0. The van der Waals surface area contributed by atoms with Gasteiger partial charge >= 0.3 is 0 Å². The van der Waals surface area contributed by atoms with Gasteiger partial charge in [0.25, 0.3) is 0 Å². The molecule has 2 aliphatic rings. The summed E-state index contributed by atoms with van der Waals surface area (Å²) in [6.07, 6.45) is 4.08. The second-order valence-electron chi connectivity index (χ2n) is 5.21. The van der Waals surface area contributed by atoms with E-state index in [0.717, 1.165) is 12.8 Å². The van der Waals surface area contributed by atoms with E-state index >= 15 is 0 Å². The Balaban J connectivity index is 1.70. The van der Waals surface area contributed by atoms with Crippen LogP contribution in [0.5, 0.6) is 0 Å². The molecule has 0 bridgehead atoms. The second kappa shape index (κ2) is 5.56. The Morgan fingerprint density at radius 1 is 1.37 bits per heavy atom. The predicted octanol–water partition coefficient (Wildman–Crippen LogP) is 1.36. The van der Waals surface area contributed by atoms with Gasteiger partial charge in [-0.15, -0.1) is 0 Å². The van der Waals surface area contributed by atoms with Crippen molar-refractivity contribution in [3.8, 4) is 0 Å². The summed E-state index contributed by atoms with van der Waals surface area (Å²) < 4.78 is 16.7. The zero-order chi connectivity index (χ0) is 13.1. The summed E-state index contributed by atoms with van der Waals surface area (Å²) in [5.74, 6) is 1.32. The average molecular weight is 267 g/mol. The van der Waals surface area contributed by atoms with E-state index in [1.165, 1.54) is 12.8 Å². The Morgan fingerprint density at radius 3 is 2.84 bits per heavy atom. The van der Waals surface area contributed by atoms with Gasteiger partial charge in [0.05, 0.1) is 6.54 Å². The smallest absolute Gasteiger partial charge is 0.240 e. The maximum Gasteiger partial charge on any atom is 0.240 e. The third-order valence-corrected chi connectivity index (χ3v) is 3.72. The lowest BCUT2D eigenvalue weighted by molar-refractivity contribution is -0.118. The molecule has 2 heterocycles. The van der Waals surface area contributed by atoms with Crippen LogP contribution in [0.15, 0.2) is 4.52 Å². The molecular formula is C13H21N3O3. The van der Waals surface area contributed by atoms with Crippen molar-refractivity contribution in [2.45, 2.75) is 50.8 Å². The summed E-state index contributed by atoms with van der Waals surface area (Å²) in [7, 11) is 0. The second-order valence-corrected chi connectivity index (χ2v) is 5.21. The molecule has 1 aliphatic heterocycles. The Bertz CT molecular complexity index is 406. The molecule has 0 aromatic carbocycles. The fourth-order valence-corrected chi connectivity index (χ4v) is 2.44. The van der Waals surface area contributed by atoms with Crippen LogP contribution in [-0.4, -0.2) is 36.0 Å². The first-order chi connectivity index (χ1) is 9.32. The molecular weight excluding hydrogens is 246 g/mol. The molecule has 1 N–H and O–H groups in total. The highest BCUT2D eigenvalue weighted by molar-refractivity contribution is 5.03. The molecule has 1 saturated heterocycles. The number of hydrogen-bond acceptors (Lipinski definition) is 6. The van der Waals surface area contributed by atoms with Gasteiger partial charge in [-0.05, 0) is 19.8 Å². The molecule has 0 spiro atoms. The lowest BCUT2D eigenvalue weighted by Gasteiger charge is -2.33. The van der Waals surface area contributed by atoms with E-state index < -0.39 is 5.60 Å². The van der Waals surface area contributed by atoms with E-state index in [9.17, 15) is 0 Å². The van der Waals surface area contributed by atoms with Crippen molar-refractivity contribution in [2.75, 3.05) is 19.8 Å². The van der Waals surface area contributed by atoms with Crippen molar-refractivity contribution in [1.82, 2.24) is 15.5 Å². The van der Waals surface area contributed by atoms with Crippen LogP contribution in [0.25, 0.3) is 0 Å². The maximum atomic E-state index is 5.92. The lowest BCUT2D eigenvalue weighted by Crippen LogP contribution is -2.37. The van der Waals surface area contributed by atoms with Crippen molar-refractivity contribution >= 4 is 0 Å². The number of hydrogen-bond donors (Lipinski definition) is 1. The van der Waals surface area contributed by atoms with E-state index in [4.69, 9.17) is 14.0 Å². The van der Waals surface area contributed by atoms with E-state index in [1.54, 1.807) is 0 Å². The van der Waals surface area contributed by atoms with Gasteiger partial charge in [-0.1, -0.05) is 5.16 Å². The molecule has 6 heteroatoms. The number of ether oxygens (including phenoxy) is 2. The van der Waals surface area contributed by atoms with E-state index in [2.05, 4.69) is 15.5 Å². The van der Waals surface area contributed by atoms with Crippen LogP contribution in [0.3, 0.4) is 0 Å². The molecule has 0 unspecified atom stereocenters. The molecule has 0 radical (unpaired) electrons. The van der Waals surface area contributed by atoms with Crippen molar-refractivity contribution in [1.29, 1.82) is 0 Å². The molecule has 2 fully saturated rings. The standard InChI is InChI=1S/C13H21N3O3/c1-2-18-13(5-7-17-8-6-13)12-15-11(19-16-12)9-14-10-3-4-10/h10,14H,2-9H2,1H3. The summed E-state index contributed by atoms with van der Waals surface area (Å²) in [4.78, 5) is 4.50. The summed E-state index contributed by atoms with van der Waals surface area (Å²) >= 11 is 0. The fraction of sp³-hybridized carbons (Fsp3) is 0.846. The molecule has 0 atom stereocenters. The molecule has 1 aromatic heterocycles. The largest absolute Gasteiger partial charge is 0.381 e. The van der Waals surface area contributed by atoms with Gasteiger partial charge < -0.3 is 19.3 Å². The number of nitrogens with zero attached hydrogens (tertiary/aromatic N) is 2. The van der Waals surface area contributed by atoms with Crippen LogP contribution in [0.1, 0.15) is 44.3 Å². The lowest BCUT2D eigenvalue weighted by atomic mass is 9.93. The third kappa shape index (κ3) is 2.96. The summed E-state index contributed by atoms with van der Waals surface area (Å²) in [5.41, 5.74) is -0.422. The quantitative estimate of drug-likeness (QED) is 0.839. The molecule has 1 aliphatic carbocycles. The van der Waals surface area contributed by atoms with E-state index in [0.29, 0.717) is 44.1 Å². The van der Waals surface area contributed by atoms with Crippen molar-refractivity contribution in [3.63, 3.8) is 0 Å². The van der Waals surface area contributed by atoms with Gasteiger partial charge in [0, 0.05) is 38.7 Å². The monoisotopic (exact) mass is 267 g/mol. The Morgan fingerprint density at radius 2 is 2.16 bits per heavy atom. The van der Waals surface area contributed by atoms with Gasteiger partial charge in [0.1, 0.15) is 5.60 Å². The molecule has 6 nitrogen and oxygen atoms in total. The minimum Gasteiger partial charge on any atom is -0.381 e. The highest BCUT2D eigenvalue weighted by Gasteiger charge is 2.39. The number of nitrogens with one attached hydrogen (secondary N) is 1. The Hall–Kier alpha value is -0.980. The van der Waals surface area contributed by atoms with Crippen LogP contribution in [-0.2, 0) is 21.6 Å². The van der Waals surface area contributed by atoms with Crippen LogP contribution in [0, 0.1) is 0 Å². The van der Waals surface area contributed by atoms with E-state index in [1.807, 2.05) is 6.92 Å². The fourth-order valence-electron chi connectivity index (χ4n) is 2.44. The Labute approximate surface area is 112 Å². The zero-order valence-corrected chi connectivity index (χ0v) is 11.4. The predicted molar refractivity (Wildman–Crippen MR) is 67.5 cm³/mol. The minimum absolute atomic E-state index is 0.422. The van der Waals surface area contributed by atoms with Crippen molar-refractivity contribution in [2.24, 2.45) is 0 Å². The zero-order valence-electron chi connectivity index (χ0n) is 11.4. The van der Waals surface area contributed by atoms with Crippen LogP contribution in [0.2, 0.25) is 0 Å². The molecule has 1 saturated carbocycles. The van der Waals surface area contributed by atoms with Crippen LogP contribution < -0.4 is 5.32 Å². The third-order valence-electron chi connectivity index (χ3n) is 3.72. The summed E-state index contributed by atoms with van der Waals surface area (Å²) in [5, 5.41) is 7.49. The van der Waals surface area contributed by atoms with Crippen LogP contribution in [0.4, 0.5) is 0 Å².